The fraction of sp³-hybridized carbons (Fsp3) is 0.222. The number of ether oxygens (including phenoxy) is 2. The summed E-state index contributed by atoms with van der Waals surface area (Å²) in [4.78, 5) is 4.35. The van der Waals surface area contributed by atoms with Gasteiger partial charge in [-0.25, -0.2) is 0 Å². The standard InChI is InChI=1S/C18H19N3O3/c1-22-16-10-6-5-9-14(16)17-20-18(24-21-17)15(19)12-23-11-13-7-3-2-4-8-13/h2-10,15H,11-12,19H2,1H3/t15-/m0/s1. The zero-order valence-corrected chi connectivity index (χ0v) is 13.4. The van der Waals surface area contributed by atoms with Gasteiger partial charge in [-0.15, -0.1) is 0 Å². The molecule has 6 nitrogen and oxygen atoms in total. The maximum absolute atomic E-state index is 6.07. The number of methoxy groups -OCH3 is 1. The van der Waals surface area contributed by atoms with Gasteiger partial charge in [0.2, 0.25) is 11.7 Å². The summed E-state index contributed by atoms with van der Waals surface area (Å²) in [5.41, 5.74) is 7.91. The van der Waals surface area contributed by atoms with Gasteiger partial charge in [0.25, 0.3) is 0 Å². The minimum absolute atomic E-state index is 0.294. The number of nitrogens with zero attached hydrogens (tertiary/aromatic N) is 2. The first kappa shape index (κ1) is 16.2. The molecule has 1 heterocycles. The van der Waals surface area contributed by atoms with E-state index in [9.17, 15) is 0 Å². The molecule has 0 spiro atoms. The highest BCUT2D eigenvalue weighted by atomic mass is 16.5. The number of hydrogen-bond acceptors (Lipinski definition) is 6. The van der Waals surface area contributed by atoms with Crippen LogP contribution in [0.4, 0.5) is 0 Å². The van der Waals surface area contributed by atoms with Crippen molar-refractivity contribution in [3.05, 3.63) is 66.1 Å². The third kappa shape index (κ3) is 3.79. The molecule has 0 fully saturated rings. The molecular formula is C18H19N3O3. The molecule has 0 aliphatic heterocycles. The van der Waals surface area contributed by atoms with Crippen LogP contribution in [0.5, 0.6) is 5.75 Å². The molecule has 0 aliphatic carbocycles. The SMILES string of the molecule is COc1ccccc1-c1noc([C@@H](N)COCc2ccccc2)n1. The lowest BCUT2D eigenvalue weighted by Gasteiger charge is -2.08. The third-order valence-electron chi connectivity index (χ3n) is 3.52. The third-order valence-corrected chi connectivity index (χ3v) is 3.52. The van der Waals surface area contributed by atoms with Gasteiger partial charge in [-0.05, 0) is 17.7 Å². The maximum Gasteiger partial charge on any atom is 0.246 e. The van der Waals surface area contributed by atoms with Crippen LogP contribution in [0, 0.1) is 0 Å². The molecule has 1 aromatic heterocycles. The molecule has 0 saturated carbocycles. The molecule has 0 radical (unpaired) electrons. The van der Waals surface area contributed by atoms with Crippen LogP contribution in [0.2, 0.25) is 0 Å². The van der Waals surface area contributed by atoms with E-state index in [4.69, 9.17) is 19.7 Å². The van der Waals surface area contributed by atoms with Crippen molar-refractivity contribution in [3.8, 4) is 17.1 Å². The fourth-order valence-corrected chi connectivity index (χ4v) is 2.27. The monoisotopic (exact) mass is 325 g/mol. The van der Waals surface area contributed by atoms with Crippen LogP contribution < -0.4 is 10.5 Å². The van der Waals surface area contributed by atoms with E-state index in [-0.39, 0.29) is 0 Å². The number of aromatic nitrogens is 2. The summed E-state index contributed by atoms with van der Waals surface area (Å²) in [6.07, 6.45) is 0. The van der Waals surface area contributed by atoms with E-state index in [1.165, 1.54) is 0 Å². The Bertz CT molecular complexity index is 774. The highest BCUT2D eigenvalue weighted by molar-refractivity contribution is 5.63. The van der Waals surface area contributed by atoms with Crippen molar-refractivity contribution in [1.82, 2.24) is 10.1 Å². The highest BCUT2D eigenvalue weighted by Gasteiger charge is 2.17. The minimum atomic E-state index is -0.482. The second-order valence-electron chi connectivity index (χ2n) is 5.26. The van der Waals surface area contributed by atoms with Gasteiger partial charge < -0.3 is 19.7 Å². The van der Waals surface area contributed by atoms with E-state index in [1.807, 2.05) is 54.6 Å². The van der Waals surface area contributed by atoms with Crippen LogP contribution in [0.1, 0.15) is 17.5 Å². The predicted molar refractivity (Wildman–Crippen MR) is 89.3 cm³/mol. The van der Waals surface area contributed by atoms with Crippen molar-refractivity contribution in [3.63, 3.8) is 0 Å². The zero-order valence-electron chi connectivity index (χ0n) is 13.4. The van der Waals surface area contributed by atoms with Crippen LogP contribution >= 0.6 is 0 Å². The quantitative estimate of drug-likeness (QED) is 0.719. The zero-order chi connectivity index (χ0) is 16.8. The molecule has 0 aliphatic rings. The normalized spacial score (nSPS) is 12.1. The first-order valence-electron chi connectivity index (χ1n) is 7.62. The molecule has 6 heteroatoms. The lowest BCUT2D eigenvalue weighted by molar-refractivity contribution is 0.0997. The summed E-state index contributed by atoms with van der Waals surface area (Å²) < 4.78 is 16.2. The van der Waals surface area contributed by atoms with E-state index < -0.39 is 6.04 Å². The molecule has 1 atom stereocenters. The number of para-hydroxylation sites is 1. The van der Waals surface area contributed by atoms with Crippen molar-refractivity contribution >= 4 is 0 Å². The van der Waals surface area contributed by atoms with Gasteiger partial charge in [0.15, 0.2) is 0 Å². The molecule has 24 heavy (non-hydrogen) atoms. The first-order chi connectivity index (χ1) is 11.8. The Balaban J connectivity index is 1.62. The van der Waals surface area contributed by atoms with Gasteiger partial charge in [-0.2, -0.15) is 4.98 Å². The maximum atomic E-state index is 6.07. The largest absolute Gasteiger partial charge is 0.496 e. The lowest BCUT2D eigenvalue weighted by Crippen LogP contribution is -2.17. The van der Waals surface area contributed by atoms with E-state index in [0.29, 0.717) is 30.7 Å². The Morgan fingerprint density at radius 3 is 2.62 bits per heavy atom. The average molecular weight is 325 g/mol. The molecule has 2 aromatic carbocycles. The summed E-state index contributed by atoms with van der Waals surface area (Å²) in [5, 5.41) is 3.98. The second-order valence-corrected chi connectivity index (χ2v) is 5.26. The number of benzene rings is 2. The Morgan fingerprint density at radius 2 is 1.83 bits per heavy atom. The van der Waals surface area contributed by atoms with E-state index >= 15 is 0 Å². The summed E-state index contributed by atoms with van der Waals surface area (Å²) in [6.45, 7) is 0.782. The van der Waals surface area contributed by atoms with Gasteiger partial charge >= 0.3 is 0 Å². The van der Waals surface area contributed by atoms with Crippen LogP contribution in [0.15, 0.2) is 59.1 Å². The Kier molecular flexibility index (Phi) is 5.20. The molecule has 3 rings (SSSR count). The predicted octanol–water partition coefficient (Wildman–Crippen LogP) is 2.96. The van der Waals surface area contributed by atoms with Crippen LogP contribution in [0.25, 0.3) is 11.4 Å². The second kappa shape index (κ2) is 7.72. The van der Waals surface area contributed by atoms with Crippen LogP contribution in [-0.4, -0.2) is 23.9 Å². The first-order valence-corrected chi connectivity index (χ1v) is 7.62. The molecule has 0 bridgehead atoms. The van der Waals surface area contributed by atoms with Crippen molar-refractivity contribution in [2.75, 3.05) is 13.7 Å². The molecule has 0 unspecified atom stereocenters. The van der Waals surface area contributed by atoms with Crippen LogP contribution in [-0.2, 0) is 11.3 Å². The number of rotatable bonds is 7. The van der Waals surface area contributed by atoms with Crippen LogP contribution in [0.3, 0.4) is 0 Å². The topological polar surface area (TPSA) is 83.4 Å². The molecule has 124 valence electrons. The highest BCUT2D eigenvalue weighted by Crippen LogP contribution is 2.27. The summed E-state index contributed by atoms with van der Waals surface area (Å²) >= 11 is 0. The summed E-state index contributed by atoms with van der Waals surface area (Å²) in [7, 11) is 1.60. The van der Waals surface area contributed by atoms with Crippen molar-refractivity contribution in [1.29, 1.82) is 0 Å². The van der Waals surface area contributed by atoms with E-state index in [2.05, 4.69) is 10.1 Å². The number of nitrogens with two attached hydrogens (primary N) is 1. The van der Waals surface area contributed by atoms with Crippen molar-refractivity contribution in [2.24, 2.45) is 5.73 Å². The molecular weight excluding hydrogens is 306 g/mol. The van der Waals surface area contributed by atoms with Gasteiger partial charge in [0.1, 0.15) is 11.8 Å². The Labute approximate surface area is 140 Å². The minimum Gasteiger partial charge on any atom is -0.496 e. The van der Waals surface area contributed by atoms with Gasteiger partial charge in [0, 0.05) is 0 Å². The van der Waals surface area contributed by atoms with Gasteiger partial charge in [-0.3, -0.25) is 0 Å². The molecule has 0 amide bonds. The molecule has 2 N–H and O–H groups in total. The molecule has 0 saturated heterocycles. The smallest absolute Gasteiger partial charge is 0.246 e. The summed E-state index contributed by atoms with van der Waals surface area (Å²) in [6, 6.07) is 16.9. The van der Waals surface area contributed by atoms with E-state index in [0.717, 1.165) is 11.1 Å². The lowest BCUT2D eigenvalue weighted by atomic mass is 10.2. The molecule has 3 aromatic rings. The van der Waals surface area contributed by atoms with Crippen molar-refractivity contribution < 1.29 is 14.0 Å². The Morgan fingerprint density at radius 1 is 1.08 bits per heavy atom. The van der Waals surface area contributed by atoms with Crippen molar-refractivity contribution in [2.45, 2.75) is 12.6 Å². The average Bonchev–Trinajstić information content (AvgIpc) is 3.12. The van der Waals surface area contributed by atoms with Gasteiger partial charge in [0.05, 0.1) is 25.9 Å². The van der Waals surface area contributed by atoms with Gasteiger partial charge in [-0.1, -0.05) is 47.6 Å². The fourth-order valence-electron chi connectivity index (χ4n) is 2.27. The summed E-state index contributed by atoms with van der Waals surface area (Å²) in [5.74, 6) is 1.46. The van der Waals surface area contributed by atoms with E-state index in [1.54, 1.807) is 7.11 Å². The Hall–Kier alpha value is -2.70. The number of hydrogen-bond donors (Lipinski definition) is 1.